The Balaban J connectivity index is 1.66. The second-order valence-electron chi connectivity index (χ2n) is 6.93. The van der Waals surface area contributed by atoms with Gasteiger partial charge in [-0.3, -0.25) is 4.98 Å². The van der Waals surface area contributed by atoms with Crippen LogP contribution >= 0.6 is 23.2 Å². The van der Waals surface area contributed by atoms with Gasteiger partial charge in [0, 0.05) is 35.1 Å². The first kappa shape index (κ1) is 19.0. The molecule has 1 fully saturated rings. The van der Waals surface area contributed by atoms with Crippen LogP contribution in [0.25, 0.3) is 11.3 Å². The standard InChI is InChI=1S/C21H21Cl2N5/c22-15-6-7-18(17(23)12-15)26-20-13-19(14-8-10-24-11-9-14)27-21(28-20)25-16-4-2-1-3-5-16/h6-13,16H,1-5H2,(H2,25,26,27,28). The molecule has 28 heavy (non-hydrogen) atoms. The average molecular weight is 414 g/mol. The molecule has 2 N–H and O–H groups in total. The molecule has 1 aliphatic rings. The lowest BCUT2D eigenvalue weighted by molar-refractivity contribution is 0.461. The molecule has 0 spiro atoms. The number of hydrogen-bond acceptors (Lipinski definition) is 5. The summed E-state index contributed by atoms with van der Waals surface area (Å²) in [6.07, 6.45) is 9.60. The van der Waals surface area contributed by atoms with E-state index in [2.05, 4.69) is 20.6 Å². The summed E-state index contributed by atoms with van der Waals surface area (Å²) in [7, 11) is 0. The minimum atomic E-state index is 0.411. The number of halogens is 2. The number of nitrogens with zero attached hydrogens (tertiary/aromatic N) is 3. The molecule has 2 aromatic heterocycles. The van der Waals surface area contributed by atoms with E-state index in [1.165, 1.54) is 19.3 Å². The van der Waals surface area contributed by atoms with Gasteiger partial charge in [0.05, 0.1) is 16.4 Å². The third-order valence-corrected chi connectivity index (χ3v) is 5.38. The minimum absolute atomic E-state index is 0.411. The number of benzene rings is 1. The predicted octanol–water partition coefficient (Wildman–Crippen LogP) is 6.33. The van der Waals surface area contributed by atoms with Crippen molar-refractivity contribution in [3.63, 3.8) is 0 Å². The van der Waals surface area contributed by atoms with Crippen LogP contribution in [0.2, 0.25) is 10.0 Å². The van der Waals surface area contributed by atoms with Gasteiger partial charge >= 0.3 is 0 Å². The molecule has 3 aromatic rings. The number of pyridine rings is 1. The first-order valence-corrected chi connectivity index (χ1v) is 10.2. The summed E-state index contributed by atoms with van der Waals surface area (Å²) >= 11 is 12.3. The zero-order valence-electron chi connectivity index (χ0n) is 15.3. The smallest absolute Gasteiger partial charge is 0.225 e. The van der Waals surface area contributed by atoms with E-state index in [1.807, 2.05) is 24.3 Å². The molecule has 1 saturated carbocycles. The normalized spacial score (nSPS) is 14.6. The van der Waals surface area contributed by atoms with E-state index in [0.29, 0.717) is 27.9 Å². The van der Waals surface area contributed by atoms with E-state index in [9.17, 15) is 0 Å². The van der Waals surface area contributed by atoms with Crippen molar-refractivity contribution in [2.45, 2.75) is 38.1 Å². The molecule has 0 aliphatic heterocycles. The molecule has 4 rings (SSSR count). The fraction of sp³-hybridized carbons (Fsp3) is 0.286. The molecule has 144 valence electrons. The maximum absolute atomic E-state index is 6.32. The highest BCUT2D eigenvalue weighted by molar-refractivity contribution is 6.36. The van der Waals surface area contributed by atoms with Gasteiger partial charge in [-0.1, -0.05) is 42.5 Å². The molecule has 0 bridgehead atoms. The van der Waals surface area contributed by atoms with Gasteiger partial charge in [-0.15, -0.1) is 0 Å². The van der Waals surface area contributed by atoms with E-state index in [-0.39, 0.29) is 0 Å². The molecule has 0 unspecified atom stereocenters. The molecule has 2 heterocycles. The Morgan fingerprint density at radius 1 is 0.893 bits per heavy atom. The van der Waals surface area contributed by atoms with Crippen molar-refractivity contribution in [2.75, 3.05) is 10.6 Å². The van der Waals surface area contributed by atoms with Crippen LogP contribution in [0.15, 0.2) is 48.8 Å². The van der Waals surface area contributed by atoms with Gasteiger partial charge < -0.3 is 10.6 Å². The number of anilines is 3. The summed E-state index contributed by atoms with van der Waals surface area (Å²) in [4.78, 5) is 13.5. The monoisotopic (exact) mass is 413 g/mol. The molecule has 7 heteroatoms. The van der Waals surface area contributed by atoms with E-state index < -0.39 is 0 Å². The second-order valence-corrected chi connectivity index (χ2v) is 7.77. The van der Waals surface area contributed by atoms with Crippen LogP contribution in [0.4, 0.5) is 17.5 Å². The Hall–Kier alpha value is -2.37. The third kappa shape index (κ3) is 4.72. The van der Waals surface area contributed by atoms with Crippen LogP contribution in [0.5, 0.6) is 0 Å². The molecule has 0 atom stereocenters. The van der Waals surface area contributed by atoms with Gasteiger partial charge in [-0.25, -0.2) is 4.98 Å². The average Bonchev–Trinajstić information content (AvgIpc) is 2.71. The highest BCUT2D eigenvalue weighted by Gasteiger charge is 2.16. The van der Waals surface area contributed by atoms with Gasteiger partial charge in [-0.05, 0) is 43.2 Å². The number of aromatic nitrogens is 3. The van der Waals surface area contributed by atoms with Crippen LogP contribution < -0.4 is 10.6 Å². The van der Waals surface area contributed by atoms with Crippen molar-refractivity contribution in [1.29, 1.82) is 0 Å². The zero-order chi connectivity index (χ0) is 19.3. The molecule has 5 nitrogen and oxygen atoms in total. The lowest BCUT2D eigenvalue weighted by Crippen LogP contribution is -2.23. The lowest BCUT2D eigenvalue weighted by Gasteiger charge is -2.23. The van der Waals surface area contributed by atoms with Gasteiger partial charge in [-0.2, -0.15) is 4.98 Å². The second kappa shape index (κ2) is 8.76. The highest BCUT2D eigenvalue weighted by Crippen LogP contribution is 2.30. The van der Waals surface area contributed by atoms with Crippen molar-refractivity contribution >= 4 is 40.7 Å². The summed E-state index contributed by atoms with van der Waals surface area (Å²) in [5, 5.41) is 7.93. The maximum atomic E-state index is 6.32. The van der Waals surface area contributed by atoms with Crippen LogP contribution in [0.1, 0.15) is 32.1 Å². The molecule has 0 amide bonds. The van der Waals surface area contributed by atoms with E-state index in [4.69, 9.17) is 28.2 Å². The summed E-state index contributed by atoms with van der Waals surface area (Å²) < 4.78 is 0. The van der Waals surface area contributed by atoms with Crippen LogP contribution in [0.3, 0.4) is 0 Å². The zero-order valence-corrected chi connectivity index (χ0v) is 16.8. The van der Waals surface area contributed by atoms with Crippen LogP contribution in [-0.2, 0) is 0 Å². The molecule has 1 aliphatic carbocycles. The number of nitrogens with one attached hydrogen (secondary N) is 2. The van der Waals surface area contributed by atoms with Gasteiger partial charge in [0.2, 0.25) is 5.95 Å². The Morgan fingerprint density at radius 3 is 2.43 bits per heavy atom. The first-order valence-electron chi connectivity index (χ1n) is 9.45. The summed E-state index contributed by atoms with van der Waals surface area (Å²) in [5.74, 6) is 1.29. The Bertz CT molecular complexity index is 943. The van der Waals surface area contributed by atoms with Gasteiger partial charge in [0.15, 0.2) is 0 Å². The van der Waals surface area contributed by atoms with Crippen molar-refractivity contribution in [3.05, 3.63) is 58.8 Å². The van der Waals surface area contributed by atoms with Crippen molar-refractivity contribution in [1.82, 2.24) is 15.0 Å². The molecular formula is C21H21Cl2N5. The van der Waals surface area contributed by atoms with Crippen molar-refractivity contribution in [3.8, 4) is 11.3 Å². The largest absolute Gasteiger partial charge is 0.351 e. The Kier molecular flexibility index (Phi) is 5.93. The fourth-order valence-corrected chi connectivity index (χ4v) is 3.86. The highest BCUT2D eigenvalue weighted by atomic mass is 35.5. The fourth-order valence-electron chi connectivity index (χ4n) is 3.40. The number of hydrogen-bond donors (Lipinski definition) is 2. The maximum Gasteiger partial charge on any atom is 0.225 e. The van der Waals surface area contributed by atoms with E-state index >= 15 is 0 Å². The lowest BCUT2D eigenvalue weighted by atomic mass is 9.96. The van der Waals surface area contributed by atoms with Crippen LogP contribution in [-0.4, -0.2) is 21.0 Å². The topological polar surface area (TPSA) is 62.7 Å². The Morgan fingerprint density at radius 2 is 1.68 bits per heavy atom. The summed E-state index contributed by atoms with van der Waals surface area (Å²) in [5.41, 5.74) is 2.55. The predicted molar refractivity (Wildman–Crippen MR) is 116 cm³/mol. The summed E-state index contributed by atoms with van der Waals surface area (Å²) in [6, 6.07) is 11.5. The van der Waals surface area contributed by atoms with Gasteiger partial charge in [0.25, 0.3) is 0 Å². The molecule has 1 aromatic carbocycles. The first-order chi connectivity index (χ1) is 13.7. The van der Waals surface area contributed by atoms with Crippen molar-refractivity contribution in [2.24, 2.45) is 0 Å². The minimum Gasteiger partial charge on any atom is -0.351 e. The molecule has 0 saturated heterocycles. The third-order valence-electron chi connectivity index (χ3n) is 4.83. The number of rotatable bonds is 5. The Labute approximate surface area is 174 Å². The van der Waals surface area contributed by atoms with E-state index in [0.717, 1.165) is 29.8 Å². The van der Waals surface area contributed by atoms with Crippen molar-refractivity contribution < 1.29 is 0 Å². The van der Waals surface area contributed by atoms with E-state index in [1.54, 1.807) is 24.5 Å². The summed E-state index contributed by atoms with van der Waals surface area (Å²) in [6.45, 7) is 0. The SMILES string of the molecule is Clc1ccc(Nc2cc(-c3ccncc3)nc(NC3CCCCC3)n2)c(Cl)c1. The molecule has 0 radical (unpaired) electrons. The van der Waals surface area contributed by atoms with Gasteiger partial charge in [0.1, 0.15) is 5.82 Å². The van der Waals surface area contributed by atoms with Crippen LogP contribution in [0, 0.1) is 0 Å². The quantitative estimate of drug-likeness (QED) is 0.511. The molecular weight excluding hydrogens is 393 g/mol.